The van der Waals surface area contributed by atoms with Crippen LogP contribution in [0.25, 0.3) is 0 Å². The Morgan fingerprint density at radius 1 is 1.29 bits per heavy atom. The zero-order chi connectivity index (χ0) is 12.7. The first-order valence-corrected chi connectivity index (χ1v) is 6.66. The Balaban J connectivity index is 2.42. The predicted octanol–water partition coefficient (Wildman–Crippen LogP) is 2.02. The summed E-state index contributed by atoms with van der Waals surface area (Å²) in [5, 5.41) is 6.26. The van der Waals surface area contributed by atoms with Crippen LogP contribution in [0.4, 0.5) is 0 Å². The van der Waals surface area contributed by atoms with Crippen molar-refractivity contribution in [1.29, 1.82) is 0 Å². The summed E-state index contributed by atoms with van der Waals surface area (Å²) in [7, 11) is 1.76. The van der Waals surface area contributed by atoms with E-state index in [0.717, 1.165) is 5.56 Å². The Morgan fingerprint density at radius 3 is 2.47 bits per heavy atom. The SMILES string of the molecule is CNCC(=O)NCc1ccc(SC(C)C)cc1. The molecule has 0 aliphatic carbocycles. The summed E-state index contributed by atoms with van der Waals surface area (Å²) < 4.78 is 0. The molecule has 3 nitrogen and oxygen atoms in total. The fourth-order valence-electron chi connectivity index (χ4n) is 1.38. The van der Waals surface area contributed by atoms with Gasteiger partial charge in [-0.2, -0.15) is 0 Å². The predicted molar refractivity (Wildman–Crippen MR) is 73.2 cm³/mol. The molecule has 0 aromatic heterocycles. The van der Waals surface area contributed by atoms with Crippen molar-refractivity contribution < 1.29 is 4.79 Å². The number of amides is 1. The van der Waals surface area contributed by atoms with Crippen LogP contribution in [-0.2, 0) is 11.3 Å². The number of carbonyl (C=O) groups excluding carboxylic acids is 1. The van der Waals surface area contributed by atoms with Gasteiger partial charge >= 0.3 is 0 Å². The normalized spacial score (nSPS) is 10.6. The maximum Gasteiger partial charge on any atom is 0.234 e. The van der Waals surface area contributed by atoms with Crippen molar-refractivity contribution in [2.45, 2.75) is 30.5 Å². The topological polar surface area (TPSA) is 41.1 Å². The number of rotatable bonds is 6. The Labute approximate surface area is 107 Å². The molecule has 0 fully saturated rings. The van der Waals surface area contributed by atoms with Crippen molar-refractivity contribution in [1.82, 2.24) is 10.6 Å². The maximum absolute atomic E-state index is 11.3. The van der Waals surface area contributed by atoms with Gasteiger partial charge in [-0.1, -0.05) is 26.0 Å². The molecule has 1 rings (SSSR count). The van der Waals surface area contributed by atoms with Gasteiger partial charge in [0.05, 0.1) is 6.54 Å². The highest BCUT2D eigenvalue weighted by molar-refractivity contribution is 7.99. The number of thioether (sulfide) groups is 1. The van der Waals surface area contributed by atoms with Gasteiger partial charge < -0.3 is 10.6 Å². The van der Waals surface area contributed by atoms with E-state index in [4.69, 9.17) is 0 Å². The third kappa shape index (κ3) is 5.75. The number of hydrogen-bond donors (Lipinski definition) is 2. The summed E-state index contributed by atoms with van der Waals surface area (Å²) in [5.41, 5.74) is 1.13. The molecule has 2 N–H and O–H groups in total. The monoisotopic (exact) mass is 252 g/mol. The number of nitrogens with one attached hydrogen (secondary N) is 2. The third-order valence-corrected chi connectivity index (χ3v) is 3.14. The molecular formula is C13H20N2OS. The molecule has 0 radical (unpaired) electrons. The lowest BCUT2D eigenvalue weighted by atomic mass is 10.2. The van der Waals surface area contributed by atoms with Crippen LogP contribution < -0.4 is 10.6 Å². The van der Waals surface area contributed by atoms with Crippen molar-refractivity contribution in [3.63, 3.8) is 0 Å². The van der Waals surface area contributed by atoms with Gasteiger partial charge in [0.2, 0.25) is 5.91 Å². The first kappa shape index (κ1) is 14.1. The third-order valence-electron chi connectivity index (χ3n) is 2.12. The van der Waals surface area contributed by atoms with Crippen molar-refractivity contribution in [3.05, 3.63) is 29.8 Å². The Morgan fingerprint density at radius 2 is 1.94 bits per heavy atom. The summed E-state index contributed by atoms with van der Waals surface area (Å²) in [4.78, 5) is 12.5. The molecule has 0 saturated carbocycles. The fraction of sp³-hybridized carbons (Fsp3) is 0.462. The van der Waals surface area contributed by atoms with E-state index < -0.39 is 0 Å². The van der Waals surface area contributed by atoms with E-state index in [1.54, 1.807) is 7.05 Å². The van der Waals surface area contributed by atoms with Crippen molar-refractivity contribution in [2.24, 2.45) is 0 Å². The molecular weight excluding hydrogens is 232 g/mol. The molecule has 0 bridgehead atoms. The van der Waals surface area contributed by atoms with Crippen molar-refractivity contribution >= 4 is 17.7 Å². The van der Waals surface area contributed by atoms with Gasteiger partial charge in [0.1, 0.15) is 0 Å². The summed E-state index contributed by atoms with van der Waals surface area (Å²) in [6.07, 6.45) is 0. The largest absolute Gasteiger partial charge is 0.351 e. The second-order valence-electron chi connectivity index (χ2n) is 4.12. The summed E-state index contributed by atoms with van der Waals surface area (Å²) in [6.45, 7) is 5.31. The highest BCUT2D eigenvalue weighted by atomic mass is 32.2. The first-order chi connectivity index (χ1) is 8.11. The zero-order valence-corrected chi connectivity index (χ0v) is 11.4. The minimum Gasteiger partial charge on any atom is -0.351 e. The number of likely N-dealkylation sites (N-methyl/N-ethyl adjacent to an activating group) is 1. The Bertz CT molecular complexity index is 349. The lowest BCUT2D eigenvalue weighted by Gasteiger charge is -2.07. The molecule has 17 heavy (non-hydrogen) atoms. The fourth-order valence-corrected chi connectivity index (χ4v) is 2.22. The van der Waals surface area contributed by atoms with Gasteiger partial charge in [-0.25, -0.2) is 0 Å². The molecule has 0 aliphatic heterocycles. The number of benzene rings is 1. The first-order valence-electron chi connectivity index (χ1n) is 5.78. The smallest absolute Gasteiger partial charge is 0.234 e. The van der Waals surface area contributed by atoms with Crippen LogP contribution in [0.1, 0.15) is 19.4 Å². The van der Waals surface area contributed by atoms with Gasteiger partial charge in [0, 0.05) is 16.7 Å². The summed E-state index contributed by atoms with van der Waals surface area (Å²) in [5.74, 6) is 0.0214. The second-order valence-corrected chi connectivity index (χ2v) is 5.77. The van der Waals surface area contributed by atoms with Crippen LogP contribution in [0, 0.1) is 0 Å². The molecule has 0 heterocycles. The maximum atomic E-state index is 11.3. The van der Waals surface area contributed by atoms with Gasteiger partial charge in [0.25, 0.3) is 0 Å². The van der Waals surface area contributed by atoms with E-state index in [2.05, 4.69) is 48.7 Å². The van der Waals surface area contributed by atoms with E-state index in [9.17, 15) is 4.79 Å². The lowest BCUT2D eigenvalue weighted by molar-refractivity contribution is -0.120. The molecule has 0 unspecified atom stereocenters. The van der Waals surface area contributed by atoms with Crippen molar-refractivity contribution in [3.8, 4) is 0 Å². The molecule has 0 spiro atoms. The molecule has 1 aromatic rings. The van der Waals surface area contributed by atoms with E-state index in [0.29, 0.717) is 18.3 Å². The van der Waals surface area contributed by atoms with Gasteiger partial charge in [-0.05, 0) is 24.7 Å². The molecule has 0 atom stereocenters. The standard InChI is InChI=1S/C13H20N2OS/c1-10(2)17-12-6-4-11(5-7-12)8-15-13(16)9-14-3/h4-7,10,14H,8-9H2,1-3H3,(H,15,16). The quantitative estimate of drug-likeness (QED) is 0.761. The minimum atomic E-state index is 0.0214. The van der Waals surface area contributed by atoms with Crippen molar-refractivity contribution in [2.75, 3.05) is 13.6 Å². The summed E-state index contributed by atoms with van der Waals surface area (Å²) in [6, 6.07) is 8.32. The Hall–Kier alpha value is -1.00. The highest BCUT2D eigenvalue weighted by Gasteiger charge is 2.01. The molecule has 94 valence electrons. The molecule has 1 amide bonds. The number of hydrogen-bond acceptors (Lipinski definition) is 3. The van der Waals surface area contributed by atoms with Crippen LogP contribution in [0.5, 0.6) is 0 Å². The second kappa shape index (κ2) is 7.35. The average molecular weight is 252 g/mol. The van der Waals surface area contributed by atoms with Crippen LogP contribution in [0.15, 0.2) is 29.2 Å². The Kier molecular flexibility index (Phi) is 6.08. The minimum absolute atomic E-state index is 0.0214. The molecule has 1 aromatic carbocycles. The lowest BCUT2D eigenvalue weighted by Crippen LogP contribution is -2.31. The van der Waals surface area contributed by atoms with Crippen LogP contribution in [-0.4, -0.2) is 24.7 Å². The van der Waals surface area contributed by atoms with Gasteiger partial charge in [-0.3, -0.25) is 4.79 Å². The van der Waals surface area contributed by atoms with Gasteiger partial charge in [-0.15, -0.1) is 11.8 Å². The number of carbonyl (C=O) groups is 1. The van der Waals surface area contributed by atoms with Gasteiger partial charge in [0.15, 0.2) is 0 Å². The van der Waals surface area contributed by atoms with E-state index in [-0.39, 0.29) is 5.91 Å². The van der Waals surface area contributed by atoms with Crippen LogP contribution in [0.3, 0.4) is 0 Å². The van der Waals surface area contributed by atoms with Crippen LogP contribution in [0.2, 0.25) is 0 Å². The molecule has 0 saturated heterocycles. The average Bonchev–Trinajstić information content (AvgIpc) is 2.28. The van der Waals surface area contributed by atoms with E-state index >= 15 is 0 Å². The summed E-state index contributed by atoms with van der Waals surface area (Å²) >= 11 is 1.84. The van der Waals surface area contributed by atoms with E-state index in [1.807, 2.05) is 11.8 Å². The van der Waals surface area contributed by atoms with E-state index in [1.165, 1.54) is 4.90 Å². The zero-order valence-electron chi connectivity index (χ0n) is 10.6. The van der Waals surface area contributed by atoms with Crippen LogP contribution >= 0.6 is 11.8 Å². The molecule has 0 aliphatic rings. The highest BCUT2D eigenvalue weighted by Crippen LogP contribution is 2.22. The molecule has 4 heteroatoms.